The van der Waals surface area contributed by atoms with Crippen molar-refractivity contribution in [2.24, 2.45) is 5.41 Å². The van der Waals surface area contributed by atoms with Gasteiger partial charge in [0.25, 0.3) is 17.4 Å². The topological polar surface area (TPSA) is 151 Å². The van der Waals surface area contributed by atoms with E-state index in [1.165, 1.54) is 40.6 Å². The number of nitrogens with zero attached hydrogens (tertiary/aromatic N) is 4. The fourth-order valence-corrected chi connectivity index (χ4v) is 5.74. The van der Waals surface area contributed by atoms with E-state index in [-0.39, 0.29) is 37.8 Å². The second-order valence-corrected chi connectivity index (χ2v) is 11.8. The molecule has 42 heavy (non-hydrogen) atoms. The van der Waals surface area contributed by atoms with Gasteiger partial charge in [-0.15, -0.1) is 0 Å². The fourth-order valence-electron chi connectivity index (χ4n) is 5.74. The molecule has 13 heteroatoms. The van der Waals surface area contributed by atoms with Gasteiger partial charge in [-0.2, -0.15) is 0 Å². The summed E-state index contributed by atoms with van der Waals surface area (Å²) >= 11 is 0. The molecule has 226 valence electrons. The van der Waals surface area contributed by atoms with Gasteiger partial charge in [0, 0.05) is 58.5 Å². The summed E-state index contributed by atoms with van der Waals surface area (Å²) in [6.07, 6.45) is 0.787. The molecule has 1 aromatic carbocycles. The van der Waals surface area contributed by atoms with Crippen LogP contribution in [0.25, 0.3) is 0 Å². The van der Waals surface area contributed by atoms with Crippen LogP contribution in [0.1, 0.15) is 59.5 Å². The van der Waals surface area contributed by atoms with Gasteiger partial charge in [-0.1, -0.05) is 12.1 Å². The Kier molecular flexibility index (Phi) is 8.42. The summed E-state index contributed by atoms with van der Waals surface area (Å²) in [6.45, 7) is 1.61. The SMILES string of the molecule is Cc1cc(CNC(=O)c2nc3n(c(=O)c2O)CC2(COC(=O)N(C)C)CCC3(CC(=O)C(=O)N(C)C)CC2)ccc1F. The van der Waals surface area contributed by atoms with Crippen molar-refractivity contribution in [2.45, 2.75) is 57.5 Å². The lowest BCUT2D eigenvalue weighted by molar-refractivity contribution is -0.144. The van der Waals surface area contributed by atoms with Crippen LogP contribution in [0, 0.1) is 18.2 Å². The Balaban J connectivity index is 1.74. The first-order valence-electron chi connectivity index (χ1n) is 13.6. The standard InChI is InChI=1S/C29H36FN5O7/c1-17-12-18(6-7-19(17)30)14-31-23(38)21-22(37)25(40)35-15-28(16-42-27(41)34(4)5)8-10-29(11-9-28,26(35)32-21)13-20(36)24(39)33(2)3/h6-7,12,37H,8-11,13-16H2,1-5H3,(H,31,38). The zero-order chi connectivity index (χ0) is 31.0. The minimum Gasteiger partial charge on any atom is -0.501 e. The Morgan fingerprint density at radius 3 is 2.36 bits per heavy atom. The van der Waals surface area contributed by atoms with Crippen molar-refractivity contribution in [1.29, 1.82) is 0 Å². The summed E-state index contributed by atoms with van der Waals surface area (Å²) in [5.74, 6) is -3.31. The number of hydrogen-bond acceptors (Lipinski definition) is 8. The predicted molar refractivity (Wildman–Crippen MR) is 148 cm³/mol. The molecule has 0 atom stereocenters. The molecule has 0 spiro atoms. The van der Waals surface area contributed by atoms with E-state index in [1.807, 2.05) is 0 Å². The van der Waals surface area contributed by atoms with Crippen molar-refractivity contribution in [3.8, 4) is 5.75 Å². The molecule has 0 radical (unpaired) electrons. The quantitative estimate of drug-likeness (QED) is 0.446. The molecule has 0 saturated heterocycles. The maximum atomic E-state index is 13.7. The van der Waals surface area contributed by atoms with Crippen LogP contribution in [-0.4, -0.2) is 82.9 Å². The molecule has 2 aliphatic heterocycles. The first-order valence-corrected chi connectivity index (χ1v) is 13.6. The fraction of sp³-hybridized carbons (Fsp3) is 0.517. The number of ketones is 1. The molecule has 1 fully saturated rings. The number of hydrogen-bond donors (Lipinski definition) is 2. The average Bonchev–Trinajstić information content (AvgIpc) is 3.16. The third-order valence-corrected chi connectivity index (χ3v) is 8.28. The summed E-state index contributed by atoms with van der Waals surface area (Å²) in [6, 6.07) is 4.35. The number of carbonyl (C=O) groups is 4. The average molecular weight is 586 g/mol. The number of benzene rings is 1. The number of ether oxygens (including phenoxy) is 1. The van der Waals surface area contributed by atoms with Crippen molar-refractivity contribution in [1.82, 2.24) is 24.7 Å². The second-order valence-electron chi connectivity index (χ2n) is 11.8. The maximum Gasteiger partial charge on any atom is 0.409 e. The molecule has 0 unspecified atom stereocenters. The minimum atomic E-state index is -1.07. The number of Topliss-reactive ketones (excluding diaryl/α,β-unsaturated/α-hetero) is 1. The van der Waals surface area contributed by atoms with Crippen molar-refractivity contribution >= 4 is 23.7 Å². The number of fused-ring (bicyclic) bond motifs is 2. The van der Waals surface area contributed by atoms with E-state index < -0.39 is 51.5 Å². The Hall–Kier alpha value is -4.29. The Bertz CT molecular complexity index is 1490. The molecule has 2 bridgehead atoms. The first kappa shape index (κ1) is 30.7. The summed E-state index contributed by atoms with van der Waals surface area (Å²) in [5.41, 5.74) is -2.13. The van der Waals surface area contributed by atoms with Gasteiger partial charge < -0.3 is 25.0 Å². The number of amides is 3. The molecule has 12 nitrogen and oxygen atoms in total. The normalized spacial score (nSPS) is 20.7. The van der Waals surface area contributed by atoms with Crippen LogP contribution in [0.2, 0.25) is 0 Å². The van der Waals surface area contributed by atoms with Gasteiger partial charge in [0.05, 0.1) is 0 Å². The summed E-state index contributed by atoms with van der Waals surface area (Å²) in [5, 5.41) is 13.5. The van der Waals surface area contributed by atoms with Gasteiger partial charge in [-0.25, -0.2) is 14.2 Å². The molecule has 3 heterocycles. The molecule has 1 saturated carbocycles. The van der Waals surface area contributed by atoms with Gasteiger partial charge in [0.2, 0.25) is 11.5 Å². The summed E-state index contributed by atoms with van der Waals surface area (Å²) in [7, 11) is 6.04. The lowest BCUT2D eigenvalue weighted by atomic mass is 9.63. The zero-order valence-corrected chi connectivity index (χ0v) is 24.5. The van der Waals surface area contributed by atoms with Gasteiger partial charge in [0.15, 0.2) is 5.69 Å². The number of aromatic hydroxyl groups is 1. The number of aromatic nitrogens is 2. The molecule has 5 rings (SSSR count). The summed E-state index contributed by atoms with van der Waals surface area (Å²) in [4.78, 5) is 71.6. The van der Waals surface area contributed by atoms with E-state index in [9.17, 15) is 33.5 Å². The van der Waals surface area contributed by atoms with Gasteiger partial charge in [-0.05, 0) is 49.8 Å². The minimum absolute atomic E-state index is 0.00334. The van der Waals surface area contributed by atoms with E-state index >= 15 is 0 Å². The van der Waals surface area contributed by atoms with E-state index in [0.717, 1.165) is 0 Å². The van der Waals surface area contributed by atoms with Crippen LogP contribution in [0.15, 0.2) is 23.0 Å². The predicted octanol–water partition coefficient (Wildman–Crippen LogP) is 1.88. The van der Waals surface area contributed by atoms with Gasteiger partial charge in [0.1, 0.15) is 18.2 Å². The van der Waals surface area contributed by atoms with Crippen molar-refractivity contribution in [3.63, 3.8) is 0 Å². The number of halogens is 1. The van der Waals surface area contributed by atoms with Crippen molar-refractivity contribution in [3.05, 3.63) is 57.0 Å². The highest BCUT2D eigenvalue weighted by Crippen LogP contribution is 2.52. The zero-order valence-electron chi connectivity index (χ0n) is 24.5. The number of aryl methyl sites for hydroxylation is 1. The van der Waals surface area contributed by atoms with Crippen molar-refractivity contribution in [2.75, 3.05) is 34.8 Å². The third-order valence-electron chi connectivity index (χ3n) is 8.28. The van der Waals surface area contributed by atoms with E-state index in [4.69, 9.17) is 4.74 Å². The highest BCUT2D eigenvalue weighted by atomic mass is 19.1. The first-order chi connectivity index (χ1) is 19.7. The highest BCUT2D eigenvalue weighted by Gasteiger charge is 2.52. The molecule has 1 aromatic heterocycles. The summed E-state index contributed by atoms with van der Waals surface area (Å²) < 4.78 is 20.4. The smallest absolute Gasteiger partial charge is 0.409 e. The number of nitrogens with one attached hydrogen (secondary N) is 1. The molecule has 2 aromatic rings. The lowest BCUT2D eigenvalue weighted by Crippen LogP contribution is -2.42. The van der Waals surface area contributed by atoms with Crippen LogP contribution < -0.4 is 10.9 Å². The van der Waals surface area contributed by atoms with Crippen LogP contribution >= 0.6 is 0 Å². The monoisotopic (exact) mass is 585 g/mol. The maximum absolute atomic E-state index is 13.7. The molecular weight excluding hydrogens is 549 g/mol. The van der Waals surface area contributed by atoms with Gasteiger partial charge in [-0.3, -0.25) is 23.7 Å². The molecule has 2 N–H and O–H groups in total. The number of rotatable bonds is 8. The van der Waals surface area contributed by atoms with Gasteiger partial charge >= 0.3 is 6.09 Å². The van der Waals surface area contributed by atoms with Crippen LogP contribution in [-0.2, 0) is 32.8 Å². The number of likely N-dealkylation sites (N-methyl/N-ethyl adjacent to an activating group) is 1. The highest BCUT2D eigenvalue weighted by molar-refractivity contribution is 6.36. The lowest BCUT2D eigenvalue weighted by Gasteiger charge is -2.41. The van der Waals surface area contributed by atoms with Crippen LogP contribution in [0.3, 0.4) is 0 Å². The molecule has 3 aliphatic rings. The van der Waals surface area contributed by atoms with Crippen molar-refractivity contribution < 1.29 is 33.4 Å². The third kappa shape index (κ3) is 5.86. The van der Waals surface area contributed by atoms with Crippen LogP contribution in [0.5, 0.6) is 5.75 Å². The number of carbonyl (C=O) groups excluding carboxylic acids is 4. The van der Waals surface area contributed by atoms with E-state index in [0.29, 0.717) is 36.8 Å². The van der Waals surface area contributed by atoms with E-state index in [1.54, 1.807) is 27.1 Å². The molecule has 1 aliphatic carbocycles. The molecule has 3 amide bonds. The largest absolute Gasteiger partial charge is 0.501 e. The Labute approximate surface area is 242 Å². The second kappa shape index (κ2) is 11.5. The Morgan fingerprint density at radius 2 is 1.76 bits per heavy atom. The molecular formula is C29H36FN5O7. The van der Waals surface area contributed by atoms with Crippen LogP contribution in [0.4, 0.5) is 9.18 Å². The Morgan fingerprint density at radius 1 is 1.10 bits per heavy atom. The van der Waals surface area contributed by atoms with E-state index in [2.05, 4.69) is 10.3 Å².